The Labute approximate surface area is 111 Å². The lowest BCUT2D eigenvalue weighted by Crippen LogP contribution is -2.26. The highest BCUT2D eigenvalue weighted by Gasteiger charge is 2.49. The van der Waals surface area contributed by atoms with Crippen molar-refractivity contribution in [2.75, 3.05) is 5.32 Å². The lowest BCUT2D eigenvalue weighted by atomic mass is 9.95. The Morgan fingerprint density at radius 3 is 2.47 bits per heavy atom. The number of aromatic nitrogens is 2. The van der Waals surface area contributed by atoms with Crippen LogP contribution in [0.4, 0.5) is 5.69 Å². The molecular weight excluding hydrogens is 238 g/mol. The van der Waals surface area contributed by atoms with Crippen LogP contribution >= 0.6 is 0 Å². The fourth-order valence-corrected chi connectivity index (χ4v) is 2.25. The van der Waals surface area contributed by atoms with Crippen LogP contribution in [0, 0.1) is 5.41 Å². The number of nitrogens with zero attached hydrogens (tertiary/aromatic N) is 2. The molecule has 0 atom stereocenters. The number of carbonyl (C=O) groups is 1. The van der Waals surface area contributed by atoms with Crippen LogP contribution in [-0.4, -0.2) is 15.9 Å². The maximum atomic E-state index is 12.3. The molecule has 0 unspecified atom stereocenters. The summed E-state index contributed by atoms with van der Waals surface area (Å²) in [7, 11) is 0. The van der Waals surface area contributed by atoms with E-state index in [9.17, 15) is 4.79 Å². The van der Waals surface area contributed by atoms with Gasteiger partial charge in [0.25, 0.3) is 0 Å². The molecule has 1 fully saturated rings. The van der Waals surface area contributed by atoms with Crippen molar-refractivity contribution >= 4 is 11.6 Å². The van der Waals surface area contributed by atoms with Crippen LogP contribution < -0.4 is 5.32 Å². The van der Waals surface area contributed by atoms with Crippen LogP contribution in [-0.2, 0) is 11.2 Å². The monoisotopic (exact) mass is 253 g/mol. The number of amides is 1. The number of nitrogens with one attached hydrogen (secondary N) is 1. The molecule has 0 aliphatic heterocycles. The highest BCUT2D eigenvalue weighted by molar-refractivity contribution is 5.97. The second kappa shape index (κ2) is 4.80. The van der Waals surface area contributed by atoms with E-state index in [1.54, 1.807) is 12.4 Å². The molecule has 3 rings (SSSR count). The normalized spacial score (nSPS) is 15.8. The molecule has 96 valence electrons. The fraction of sp³-hybridized carbons (Fsp3) is 0.267. The highest BCUT2D eigenvalue weighted by Crippen LogP contribution is 2.49. The average molecular weight is 253 g/mol. The molecule has 19 heavy (non-hydrogen) atoms. The van der Waals surface area contributed by atoms with Gasteiger partial charge in [0.1, 0.15) is 6.33 Å². The Kier molecular flexibility index (Phi) is 2.99. The molecule has 4 nitrogen and oxygen atoms in total. The molecule has 0 radical (unpaired) electrons. The van der Waals surface area contributed by atoms with E-state index in [1.807, 2.05) is 18.2 Å². The smallest absolute Gasteiger partial charge is 0.231 e. The van der Waals surface area contributed by atoms with Crippen LogP contribution in [0.1, 0.15) is 18.4 Å². The number of anilines is 1. The van der Waals surface area contributed by atoms with Gasteiger partial charge in [0.15, 0.2) is 0 Å². The zero-order chi connectivity index (χ0) is 13.1. The summed E-state index contributed by atoms with van der Waals surface area (Å²) >= 11 is 0. The Balaban J connectivity index is 1.69. The summed E-state index contributed by atoms with van der Waals surface area (Å²) in [4.78, 5) is 20.1. The third kappa shape index (κ3) is 2.62. The zero-order valence-corrected chi connectivity index (χ0v) is 10.5. The molecule has 2 aromatic rings. The number of hydrogen-bond acceptors (Lipinski definition) is 3. The number of hydrogen-bond donors (Lipinski definition) is 1. The second-order valence-corrected chi connectivity index (χ2v) is 5.02. The molecule has 1 saturated carbocycles. The van der Waals surface area contributed by atoms with E-state index in [-0.39, 0.29) is 11.3 Å². The minimum Gasteiger partial charge on any atom is -0.323 e. The highest BCUT2D eigenvalue weighted by atomic mass is 16.2. The van der Waals surface area contributed by atoms with Crippen molar-refractivity contribution in [3.8, 4) is 0 Å². The first-order valence-electron chi connectivity index (χ1n) is 6.39. The molecule has 1 aliphatic carbocycles. The van der Waals surface area contributed by atoms with E-state index in [1.165, 1.54) is 11.9 Å². The van der Waals surface area contributed by atoms with Crippen LogP contribution in [0.25, 0.3) is 0 Å². The van der Waals surface area contributed by atoms with Crippen LogP contribution in [0.5, 0.6) is 0 Å². The number of rotatable bonds is 4. The lowest BCUT2D eigenvalue weighted by Gasteiger charge is -2.15. The number of benzene rings is 1. The fourth-order valence-electron chi connectivity index (χ4n) is 2.25. The third-order valence-electron chi connectivity index (χ3n) is 3.54. The van der Waals surface area contributed by atoms with Gasteiger partial charge < -0.3 is 5.32 Å². The third-order valence-corrected chi connectivity index (χ3v) is 3.54. The summed E-state index contributed by atoms with van der Waals surface area (Å²) in [6, 6.07) is 10.1. The molecule has 0 bridgehead atoms. The van der Waals surface area contributed by atoms with Crippen molar-refractivity contribution in [1.29, 1.82) is 0 Å². The van der Waals surface area contributed by atoms with Gasteiger partial charge in [0, 0.05) is 0 Å². The maximum Gasteiger partial charge on any atom is 0.231 e. The van der Waals surface area contributed by atoms with E-state index in [0.29, 0.717) is 5.69 Å². The van der Waals surface area contributed by atoms with Gasteiger partial charge in [-0.25, -0.2) is 9.97 Å². The molecule has 1 amide bonds. The van der Waals surface area contributed by atoms with Gasteiger partial charge in [0.2, 0.25) is 5.91 Å². The molecule has 0 saturated heterocycles. The van der Waals surface area contributed by atoms with Gasteiger partial charge in [-0.05, 0) is 24.8 Å². The van der Waals surface area contributed by atoms with Crippen molar-refractivity contribution in [3.05, 3.63) is 54.6 Å². The molecule has 1 heterocycles. The predicted octanol–water partition coefficient (Wildman–Crippen LogP) is 2.44. The van der Waals surface area contributed by atoms with Crippen molar-refractivity contribution in [2.24, 2.45) is 5.41 Å². The van der Waals surface area contributed by atoms with Crippen molar-refractivity contribution < 1.29 is 4.79 Å². The van der Waals surface area contributed by atoms with E-state index < -0.39 is 0 Å². The molecule has 1 aromatic heterocycles. The van der Waals surface area contributed by atoms with Gasteiger partial charge in [-0.2, -0.15) is 0 Å². The van der Waals surface area contributed by atoms with Crippen LogP contribution in [0.3, 0.4) is 0 Å². The van der Waals surface area contributed by atoms with E-state index in [4.69, 9.17) is 0 Å². The average Bonchev–Trinajstić information content (AvgIpc) is 3.22. The summed E-state index contributed by atoms with van der Waals surface area (Å²) in [5.41, 5.74) is 1.63. The summed E-state index contributed by atoms with van der Waals surface area (Å²) in [5, 5.41) is 2.90. The Morgan fingerprint density at radius 1 is 1.16 bits per heavy atom. The molecule has 1 N–H and O–H groups in total. The first-order chi connectivity index (χ1) is 9.28. The summed E-state index contributed by atoms with van der Waals surface area (Å²) in [5.74, 6) is 0.0751. The van der Waals surface area contributed by atoms with Gasteiger partial charge >= 0.3 is 0 Å². The van der Waals surface area contributed by atoms with Crippen LogP contribution in [0.15, 0.2) is 49.1 Å². The summed E-state index contributed by atoms with van der Waals surface area (Å²) in [6.07, 6.45) is 7.37. The van der Waals surface area contributed by atoms with E-state index in [2.05, 4.69) is 27.4 Å². The van der Waals surface area contributed by atoms with Crippen molar-refractivity contribution in [3.63, 3.8) is 0 Å². The number of carbonyl (C=O) groups excluding carboxylic acids is 1. The molecular formula is C15H15N3O. The topological polar surface area (TPSA) is 54.9 Å². The van der Waals surface area contributed by atoms with E-state index in [0.717, 1.165) is 19.3 Å². The predicted molar refractivity (Wildman–Crippen MR) is 72.5 cm³/mol. The quantitative estimate of drug-likeness (QED) is 0.910. The SMILES string of the molecule is O=C(Nc1cncnc1)C1(Cc2ccccc2)CC1. The minimum absolute atomic E-state index is 0.0751. The Morgan fingerprint density at radius 2 is 1.84 bits per heavy atom. The second-order valence-electron chi connectivity index (χ2n) is 5.02. The van der Waals surface area contributed by atoms with Gasteiger partial charge in [-0.15, -0.1) is 0 Å². The van der Waals surface area contributed by atoms with E-state index >= 15 is 0 Å². The minimum atomic E-state index is -0.239. The van der Waals surface area contributed by atoms with Crippen molar-refractivity contribution in [1.82, 2.24) is 9.97 Å². The van der Waals surface area contributed by atoms with Gasteiger partial charge in [-0.3, -0.25) is 4.79 Å². The maximum absolute atomic E-state index is 12.3. The molecule has 0 spiro atoms. The Bertz CT molecular complexity index is 564. The zero-order valence-electron chi connectivity index (χ0n) is 10.5. The molecule has 1 aromatic carbocycles. The summed E-state index contributed by atoms with van der Waals surface area (Å²) < 4.78 is 0. The van der Waals surface area contributed by atoms with Crippen LogP contribution in [0.2, 0.25) is 0 Å². The standard InChI is InChI=1S/C15H15N3O/c19-14(18-13-9-16-11-17-10-13)15(6-7-15)8-12-4-2-1-3-5-12/h1-5,9-11H,6-8H2,(H,18,19). The summed E-state index contributed by atoms with van der Waals surface area (Å²) in [6.45, 7) is 0. The lowest BCUT2D eigenvalue weighted by molar-refractivity contribution is -0.121. The largest absolute Gasteiger partial charge is 0.323 e. The van der Waals surface area contributed by atoms with Crippen molar-refractivity contribution in [2.45, 2.75) is 19.3 Å². The first kappa shape index (κ1) is 11.8. The first-order valence-corrected chi connectivity index (χ1v) is 6.39. The molecule has 1 aliphatic rings. The van der Waals surface area contributed by atoms with Gasteiger partial charge in [0.05, 0.1) is 23.5 Å². The Hall–Kier alpha value is -2.23. The van der Waals surface area contributed by atoms with Gasteiger partial charge in [-0.1, -0.05) is 30.3 Å². The molecule has 4 heteroatoms.